The minimum Gasteiger partial charge on any atom is -0.493 e. The molecule has 0 spiro atoms. The first-order valence-electron chi connectivity index (χ1n) is 6.48. The van der Waals surface area contributed by atoms with E-state index in [0.29, 0.717) is 13.0 Å². The van der Waals surface area contributed by atoms with E-state index in [-0.39, 0.29) is 6.61 Å². The molecule has 19 heavy (non-hydrogen) atoms. The standard InChI is InChI=1S/C16H17NO2/c17-10-4-1-5-11-19-16-9-8-13-6-2-3-7-14(13)15(16)12-18/h2-3,6-9,18H,1,4-5,11-12H2. The van der Waals surface area contributed by atoms with Gasteiger partial charge in [-0.15, -0.1) is 0 Å². The van der Waals surface area contributed by atoms with Gasteiger partial charge in [0, 0.05) is 12.0 Å². The summed E-state index contributed by atoms with van der Waals surface area (Å²) >= 11 is 0. The van der Waals surface area contributed by atoms with Crippen LogP contribution in [0, 0.1) is 11.3 Å². The maximum atomic E-state index is 9.53. The van der Waals surface area contributed by atoms with Crippen LogP contribution in [0.4, 0.5) is 0 Å². The summed E-state index contributed by atoms with van der Waals surface area (Å²) in [5.41, 5.74) is 0.832. The van der Waals surface area contributed by atoms with Crippen LogP contribution in [0.15, 0.2) is 36.4 Å². The average molecular weight is 255 g/mol. The van der Waals surface area contributed by atoms with Gasteiger partial charge in [0.15, 0.2) is 0 Å². The Morgan fingerprint density at radius 1 is 1.11 bits per heavy atom. The van der Waals surface area contributed by atoms with Crippen molar-refractivity contribution in [2.75, 3.05) is 6.61 Å². The predicted molar refractivity (Wildman–Crippen MR) is 74.8 cm³/mol. The molecule has 2 aromatic carbocycles. The van der Waals surface area contributed by atoms with E-state index in [1.807, 2.05) is 36.4 Å². The van der Waals surface area contributed by atoms with Crippen LogP contribution in [0.1, 0.15) is 24.8 Å². The molecule has 0 aliphatic heterocycles. The lowest BCUT2D eigenvalue weighted by atomic mass is 10.0. The van der Waals surface area contributed by atoms with Crippen molar-refractivity contribution in [1.29, 1.82) is 5.26 Å². The van der Waals surface area contributed by atoms with Crippen LogP contribution in [0.2, 0.25) is 0 Å². The van der Waals surface area contributed by atoms with Crippen LogP contribution >= 0.6 is 0 Å². The SMILES string of the molecule is N#CCCCCOc1ccc2ccccc2c1CO. The molecule has 0 aliphatic carbocycles. The molecular weight excluding hydrogens is 238 g/mol. The largest absolute Gasteiger partial charge is 0.493 e. The highest BCUT2D eigenvalue weighted by atomic mass is 16.5. The Morgan fingerprint density at radius 2 is 1.95 bits per heavy atom. The van der Waals surface area contributed by atoms with Crippen molar-refractivity contribution in [3.63, 3.8) is 0 Å². The van der Waals surface area contributed by atoms with Crippen LogP contribution < -0.4 is 4.74 Å². The van der Waals surface area contributed by atoms with Crippen LogP contribution in [-0.2, 0) is 6.61 Å². The van der Waals surface area contributed by atoms with Gasteiger partial charge in [0.2, 0.25) is 0 Å². The van der Waals surface area contributed by atoms with Gasteiger partial charge < -0.3 is 9.84 Å². The highest BCUT2D eigenvalue weighted by molar-refractivity contribution is 5.87. The minimum absolute atomic E-state index is 0.0329. The molecule has 1 N–H and O–H groups in total. The zero-order chi connectivity index (χ0) is 13.5. The summed E-state index contributed by atoms with van der Waals surface area (Å²) in [5, 5.41) is 20.1. The fourth-order valence-corrected chi connectivity index (χ4v) is 2.10. The van der Waals surface area contributed by atoms with Crippen molar-refractivity contribution in [3.05, 3.63) is 42.0 Å². The quantitative estimate of drug-likeness (QED) is 0.805. The summed E-state index contributed by atoms with van der Waals surface area (Å²) < 4.78 is 5.71. The second-order valence-corrected chi connectivity index (χ2v) is 4.39. The first kappa shape index (κ1) is 13.4. The van der Waals surface area contributed by atoms with Crippen molar-refractivity contribution in [2.45, 2.75) is 25.9 Å². The number of aliphatic hydroxyl groups is 1. The van der Waals surface area contributed by atoms with Gasteiger partial charge in [-0.1, -0.05) is 30.3 Å². The molecule has 0 saturated carbocycles. The van der Waals surface area contributed by atoms with Crippen molar-refractivity contribution < 1.29 is 9.84 Å². The molecule has 3 heteroatoms. The number of aliphatic hydroxyl groups excluding tert-OH is 1. The molecule has 0 unspecified atom stereocenters. The van der Waals surface area contributed by atoms with Gasteiger partial charge in [0.05, 0.1) is 19.3 Å². The first-order valence-corrected chi connectivity index (χ1v) is 6.48. The van der Waals surface area contributed by atoms with Crippen LogP contribution in [0.5, 0.6) is 5.75 Å². The number of fused-ring (bicyclic) bond motifs is 1. The lowest BCUT2D eigenvalue weighted by Gasteiger charge is -2.12. The Labute approximate surface area is 113 Å². The normalized spacial score (nSPS) is 10.3. The van der Waals surface area contributed by atoms with E-state index in [2.05, 4.69) is 6.07 Å². The van der Waals surface area contributed by atoms with Gasteiger partial charge in [-0.3, -0.25) is 0 Å². The number of nitrogens with zero attached hydrogens (tertiary/aromatic N) is 1. The molecule has 0 heterocycles. The zero-order valence-corrected chi connectivity index (χ0v) is 10.8. The highest BCUT2D eigenvalue weighted by Crippen LogP contribution is 2.28. The van der Waals surface area contributed by atoms with E-state index in [4.69, 9.17) is 10.00 Å². The number of ether oxygens (including phenoxy) is 1. The number of unbranched alkanes of at least 4 members (excludes halogenated alkanes) is 2. The van der Waals surface area contributed by atoms with Crippen molar-refractivity contribution in [1.82, 2.24) is 0 Å². The van der Waals surface area contributed by atoms with Crippen LogP contribution in [-0.4, -0.2) is 11.7 Å². The van der Waals surface area contributed by atoms with Gasteiger partial charge in [-0.25, -0.2) is 0 Å². The Balaban J connectivity index is 2.12. The van der Waals surface area contributed by atoms with Crippen LogP contribution in [0.3, 0.4) is 0 Å². The summed E-state index contributed by atoms with van der Waals surface area (Å²) in [7, 11) is 0. The smallest absolute Gasteiger partial charge is 0.125 e. The van der Waals surface area contributed by atoms with Crippen molar-refractivity contribution in [2.24, 2.45) is 0 Å². The van der Waals surface area contributed by atoms with Gasteiger partial charge in [0.25, 0.3) is 0 Å². The Hall–Kier alpha value is -2.05. The zero-order valence-electron chi connectivity index (χ0n) is 10.8. The molecule has 0 saturated heterocycles. The summed E-state index contributed by atoms with van der Waals surface area (Å²) in [6.45, 7) is 0.544. The lowest BCUT2D eigenvalue weighted by molar-refractivity contribution is 0.262. The molecule has 98 valence electrons. The number of benzene rings is 2. The van der Waals surface area contributed by atoms with E-state index in [0.717, 1.165) is 34.9 Å². The molecule has 0 fully saturated rings. The topological polar surface area (TPSA) is 53.2 Å². The molecule has 0 aliphatic rings. The van der Waals surface area contributed by atoms with Gasteiger partial charge >= 0.3 is 0 Å². The molecule has 0 radical (unpaired) electrons. The Bertz CT molecular complexity index is 587. The molecular formula is C16H17NO2. The average Bonchev–Trinajstić information content (AvgIpc) is 2.46. The first-order chi connectivity index (χ1) is 9.36. The fraction of sp³-hybridized carbons (Fsp3) is 0.312. The summed E-state index contributed by atoms with van der Waals surface area (Å²) in [4.78, 5) is 0. The maximum Gasteiger partial charge on any atom is 0.125 e. The maximum absolute atomic E-state index is 9.53. The van der Waals surface area contributed by atoms with Crippen molar-refractivity contribution in [3.8, 4) is 11.8 Å². The van der Waals surface area contributed by atoms with Gasteiger partial charge in [0.1, 0.15) is 5.75 Å². The third kappa shape index (κ3) is 3.24. The Kier molecular flexibility index (Phi) is 4.77. The predicted octanol–water partition coefficient (Wildman–Crippen LogP) is 3.40. The molecule has 0 amide bonds. The lowest BCUT2D eigenvalue weighted by Crippen LogP contribution is -2.01. The minimum atomic E-state index is -0.0329. The molecule has 3 nitrogen and oxygen atoms in total. The van der Waals surface area contributed by atoms with E-state index >= 15 is 0 Å². The summed E-state index contributed by atoms with van der Waals surface area (Å²) in [5.74, 6) is 0.734. The number of hydrogen-bond donors (Lipinski definition) is 1. The molecule has 0 aromatic heterocycles. The molecule has 2 rings (SSSR count). The number of nitriles is 1. The second-order valence-electron chi connectivity index (χ2n) is 4.39. The van der Waals surface area contributed by atoms with Gasteiger partial charge in [-0.05, 0) is 29.7 Å². The van der Waals surface area contributed by atoms with E-state index < -0.39 is 0 Å². The van der Waals surface area contributed by atoms with E-state index in [1.165, 1.54) is 0 Å². The number of rotatable bonds is 6. The number of hydrogen-bond acceptors (Lipinski definition) is 3. The molecule has 0 bridgehead atoms. The fourth-order valence-electron chi connectivity index (χ4n) is 2.10. The van der Waals surface area contributed by atoms with Crippen molar-refractivity contribution >= 4 is 10.8 Å². The third-order valence-electron chi connectivity index (χ3n) is 3.10. The molecule has 2 aromatic rings. The second kappa shape index (κ2) is 6.77. The molecule has 0 atom stereocenters. The summed E-state index contributed by atoms with van der Waals surface area (Å²) in [6.07, 6.45) is 2.26. The van der Waals surface area contributed by atoms with Crippen LogP contribution in [0.25, 0.3) is 10.8 Å². The third-order valence-corrected chi connectivity index (χ3v) is 3.10. The highest BCUT2D eigenvalue weighted by Gasteiger charge is 2.07. The Morgan fingerprint density at radius 3 is 2.74 bits per heavy atom. The summed E-state index contributed by atoms with van der Waals surface area (Å²) in [6, 6.07) is 14.0. The van der Waals surface area contributed by atoms with E-state index in [9.17, 15) is 5.11 Å². The van der Waals surface area contributed by atoms with E-state index in [1.54, 1.807) is 0 Å². The van der Waals surface area contributed by atoms with Gasteiger partial charge in [-0.2, -0.15) is 5.26 Å². The monoisotopic (exact) mass is 255 g/mol.